The molecule has 3 rings (SSSR count). The first-order valence-electron chi connectivity index (χ1n) is 10.9. The molecule has 2 aromatic rings. The van der Waals surface area contributed by atoms with Crippen molar-refractivity contribution in [3.8, 4) is 5.75 Å². The van der Waals surface area contributed by atoms with E-state index in [0.717, 1.165) is 22.4 Å². The van der Waals surface area contributed by atoms with Gasteiger partial charge in [0, 0.05) is 51.5 Å². The van der Waals surface area contributed by atoms with Crippen LogP contribution in [0.3, 0.4) is 0 Å². The van der Waals surface area contributed by atoms with Crippen LogP contribution in [0.15, 0.2) is 46.1 Å². The number of allylic oxidation sites excluding steroid dienone is 2. The zero-order valence-corrected chi connectivity index (χ0v) is 20.3. The molecular formula is C24H33N5O4. The summed E-state index contributed by atoms with van der Waals surface area (Å²) in [6.07, 6.45) is 3.50. The standard InChI is InChI=1S/C24H33N5O4/c1-8-17(28-9-11-29(12-10-28)23(30)32-24(2,3)4)15-18(25-5)16-13-19(31-7)21-20(14-16)33-27-22(21)26-6/h8,13-15H,1,9-12H2,2-7H3,(H,26,27)/b17-15+,25-18?. The molecular weight excluding hydrogens is 422 g/mol. The fourth-order valence-electron chi connectivity index (χ4n) is 3.69. The van der Waals surface area contributed by atoms with E-state index in [1.165, 1.54) is 0 Å². The van der Waals surface area contributed by atoms with Crippen molar-refractivity contribution in [2.75, 3.05) is 52.7 Å². The van der Waals surface area contributed by atoms with E-state index in [9.17, 15) is 4.79 Å². The number of nitrogens with one attached hydrogen (secondary N) is 1. The summed E-state index contributed by atoms with van der Waals surface area (Å²) < 4.78 is 16.6. The van der Waals surface area contributed by atoms with Crippen LogP contribution in [0.1, 0.15) is 26.3 Å². The first kappa shape index (κ1) is 24.2. The van der Waals surface area contributed by atoms with E-state index in [4.69, 9.17) is 14.0 Å². The van der Waals surface area contributed by atoms with Gasteiger partial charge in [-0.15, -0.1) is 0 Å². The van der Waals surface area contributed by atoms with E-state index in [1.54, 1.807) is 32.2 Å². The molecule has 1 fully saturated rings. The van der Waals surface area contributed by atoms with Crippen molar-refractivity contribution >= 4 is 28.6 Å². The van der Waals surface area contributed by atoms with Gasteiger partial charge in [0.1, 0.15) is 16.7 Å². The third-order valence-electron chi connectivity index (χ3n) is 5.32. The summed E-state index contributed by atoms with van der Waals surface area (Å²) in [5.74, 6) is 1.27. The normalized spacial score (nSPS) is 15.6. The number of hydrogen-bond acceptors (Lipinski definition) is 8. The SMILES string of the molecule is C=C/C(=C\C(=NC)c1cc(OC)c2c(NC)noc2c1)N1CCN(C(=O)OC(C)(C)C)CC1. The number of carbonyl (C=O) groups is 1. The second-order valence-corrected chi connectivity index (χ2v) is 8.67. The largest absolute Gasteiger partial charge is 0.496 e. The van der Waals surface area contributed by atoms with Crippen LogP contribution < -0.4 is 10.1 Å². The van der Waals surface area contributed by atoms with Crippen LogP contribution in [0, 0.1) is 0 Å². The Morgan fingerprint density at radius 2 is 1.91 bits per heavy atom. The topological polar surface area (TPSA) is 92.4 Å². The molecule has 1 aliphatic heterocycles. The van der Waals surface area contributed by atoms with Crippen molar-refractivity contribution in [2.24, 2.45) is 4.99 Å². The number of carbonyl (C=O) groups excluding carboxylic acids is 1. The summed E-state index contributed by atoms with van der Waals surface area (Å²) in [4.78, 5) is 20.8. The van der Waals surface area contributed by atoms with Crippen molar-refractivity contribution in [3.63, 3.8) is 0 Å². The molecule has 0 radical (unpaired) electrons. The third kappa shape index (κ3) is 5.47. The van der Waals surface area contributed by atoms with Crippen LogP contribution in [-0.4, -0.2) is 79.7 Å². The molecule has 0 aliphatic carbocycles. The van der Waals surface area contributed by atoms with E-state index in [1.807, 2.05) is 39.0 Å². The van der Waals surface area contributed by atoms with Crippen LogP contribution in [0.25, 0.3) is 11.0 Å². The van der Waals surface area contributed by atoms with Crippen molar-refractivity contribution in [1.82, 2.24) is 15.0 Å². The van der Waals surface area contributed by atoms with Gasteiger partial charge in [0.2, 0.25) is 0 Å². The smallest absolute Gasteiger partial charge is 0.410 e. The molecule has 9 nitrogen and oxygen atoms in total. The number of ether oxygens (including phenoxy) is 2. The van der Waals surface area contributed by atoms with Gasteiger partial charge in [0.05, 0.1) is 12.8 Å². The molecule has 1 N–H and O–H groups in total. The second-order valence-electron chi connectivity index (χ2n) is 8.67. The summed E-state index contributed by atoms with van der Waals surface area (Å²) in [5, 5.41) is 7.85. The Morgan fingerprint density at radius 1 is 1.24 bits per heavy atom. The minimum absolute atomic E-state index is 0.282. The van der Waals surface area contributed by atoms with Gasteiger partial charge in [-0.05, 0) is 45.1 Å². The first-order chi connectivity index (χ1) is 15.7. The van der Waals surface area contributed by atoms with Gasteiger partial charge in [-0.3, -0.25) is 4.99 Å². The molecule has 1 aromatic heterocycles. The summed E-state index contributed by atoms with van der Waals surface area (Å²) >= 11 is 0. The number of aliphatic imine (C=N–C) groups is 1. The van der Waals surface area contributed by atoms with Crippen molar-refractivity contribution in [3.05, 3.63) is 42.1 Å². The highest BCUT2D eigenvalue weighted by Gasteiger charge is 2.26. The number of aromatic nitrogens is 1. The molecule has 0 spiro atoms. The number of nitrogens with zero attached hydrogens (tertiary/aromatic N) is 4. The fourth-order valence-corrected chi connectivity index (χ4v) is 3.69. The first-order valence-corrected chi connectivity index (χ1v) is 10.9. The Balaban J connectivity index is 1.81. The molecule has 33 heavy (non-hydrogen) atoms. The Kier molecular flexibility index (Phi) is 7.30. The number of benzene rings is 1. The summed E-state index contributed by atoms with van der Waals surface area (Å²) in [5.41, 5.74) is 2.61. The molecule has 0 saturated carbocycles. The number of rotatable bonds is 6. The predicted molar refractivity (Wildman–Crippen MR) is 130 cm³/mol. The Hall–Kier alpha value is -3.49. The lowest BCUT2D eigenvalue weighted by Crippen LogP contribution is -2.49. The Morgan fingerprint density at radius 3 is 2.45 bits per heavy atom. The van der Waals surface area contributed by atoms with Crippen LogP contribution in [0.5, 0.6) is 5.75 Å². The van der Waals surface area contributed by atoms with Crippen LogP contribution in [0.2, 0.25) is 0 Å². The molecule has 0 unspecified atom stereocenters. The predicted octanol–water partition coefficient (Wildman–Crippen LogP) is 3.92. The number of methoxy groups -OCH3 is 1. The quantitative estimate of drug-likeness (QED) is 0.521. The maximum absolute atomic E-state index is 12.4. The zero-order valence-electron chi connectivity index (χ0n) is 20.3. The zero-order chi connectivity index (χ0) is 24.2. The van der Waals surface area contributed by atoms with Gasteiger partial charge in [0.25, 0.3) is 0 Å². The van der Waals surface area contributed by atoms with Gasteiger partial charge >= 0.3 is 6.09 Å². The van der Waals surface area contributed by atoms with E-state index < -0.39 is 5.60 Å². The van der Waals surface area contributed by atoms with E-state index >= 15 is 0 Å². The molecule has 0 bridgehead atoms. The van der Waals surface area contributed by atoms with E-state index in [-0.39, 0.29) is 6.09 Å². The lowest BCUT2D eigenvalue weighted by Gasteiger charge is -2.37. The van der Waals surface area contributed by atoms with E-state index in [2.05, 4.69) is 26.9 Å². The lowest BCUT2D eigenvalue weighted by atomic mass is 10.1. The lowest BCUT2D eigenvalue weighted by molar-refractivity contribution is 0.0171. The molecule has 9 heteroatoms. The highest BCUT2D eigenvalue weighted by molar-refractivity contribution is 6.12. The molecule has 2 heterocycles. The van der Waals surface area contributed by atoms with Crippen LogP contribution in [-0.2, 0) is 4.74 Å². The van der Waals surface area contributed by atoms with Gasteiger partial charge in [-0.2, -0.15) is 0 Å². The maximum atomic E-state index is 12.4. The maximum Gasteiger partial charge on any atom is 0.410 e. The van der Waals surface area contributed by atoms with Gasteiger partial charge in [0.15, 0.2) is 11.4 Å². The van der Waals surface area contributed by atoms with Crippen LogP contribution >= 0.6 is 0 Å². The highest BCUT2D eigenvalue weighted by Crippen LogP contribution is 2.33. The molecule has 1 aliphatic rings. The molecule has 1 aromatic carbocycles. The molecule has 0 atom stereocenters. The number of piperazine rings is 1. The van der Waals surface area contributed by atoms with Gasteiger partial charge in [-0.1, -0.05) is 11.7 Å². The van der Waals surface area contributed by atoms with Gasteiger partial charge in [-0.25, -0.2) is 4.79 Å². The van der Waals surface area contributed by atoms with Crippen molar-refractivity contribution in [1.29, 1.82) is 0 Å². The monoisotopic (exact) mass is 455 g/mol. The fraction of sp³-hybridized carbons (Fsp3) is 0.458. The molecule has 1 amide bonds. The number of hydrogen-bond donors (Lipinski definition) is 1. The number of amides is 1. The average Bonchev–Trinajstić information content (AvgIpc) is 3.21. The number of anilines is 1. The minimum Gasteiger partial charge on any atom is -0.496 e. The van der Waals surface area contributed by atoms with Gasteiger partial charge < -0.3 is 29.1 Å². The van der Waals surface area contributed by atoms with E-state index in [0.29, 0.717) is 43.3 Å². The van der Waals surface area contributed by atoms with Crippen molar-refractivity contribution < 1.29 is 18.8 Å². The Bertz CT molecular complexity index is 1070. The third-order valence-corrected chi connectivity index (χ3v) is 5.32. The highest BCUT2D eigenvalue weighted by atomic mass is 16.6. The number of fused-ring (bicyclic) bond motifs is 1. The average molecular weight is 456 g/mol. The second kappa shape index (κ2) is 9.97. The van der Waals surface area contributed by atoms with Crippen LogP contribution in [0.4, 0.5) is 10.6 Å². The Labute approximate surface area is 194 Å². The summed E-state index contributed by atoms with van der Waals surface area (Å²) in [6, 6.07) is 3.81. The minimum atomic E-state index is -0.507. The van der Waals surface area contributed by atoms with Crippen molar-refractivity contribution in [2.45, 2.75) is 26.4 Å². The summed E-state index contributed by atoms with van der Waals surface area (Å²) in [7, 11) is 5.14. The molecule has 178 valence electrons. The summed E-state index contributed by atoms with van der Waals surface area (Å²) in [6.45, 7) is 12.1. The molecule has 1 saturated heterocycles.